The van der Waals surface area contributed by atoms with Crippen molar-refractivity contribution < 1.29 is 0 Å². The van der Waals surface area contributed by atoms with Crippen LogP contribution in [-0.4, -0.2) is 25.2 Å². The molecule has 0 radical (unpaired) electrons. The van der Waals surface area contributed by atoms with Crippen LogP contribution in [0.3, 0.4) is 0 Å². The molecule has 1 aliphatic heterocycles. The zero-order valence-electron chi connectivity index (χ0n) is 10.8. The lowest BCUT2D eigenvalue weighted by Crippen LogP contribution is -2.44. The summed E-state index contributed by atoms with van der Waals surface area (Å²) in [5.41, 5.74) is 0. The summed E-state index contributed by atoms with van der Waals surface area (Å²) in [6.07, 6.45) is 11.3. The molecule has 2 fully saturated rings. The van der Waals surface area contributed by atoms with Gasteiger partial charge in [-0.1, -0.05) is 26.2 Å². The van der Waals surface area contributed by atoms with E-state index in [9.17, 15) is 0 Å². The molecule has 0 aromatic rings. The van der Waals surface area contributed by atoms with Crippen molar-refractivity contribution in [3.05, 3.63) is 0 Å². The fourth-order valence-electron chi connectivity index (χ4n) is 3.10. The lowest BCUT2D eigenvalue weighted by Gasteiger charge is -2.26. The molecule has 2 rings (SSSR count). The van der Waals surface area contributed by atoms with E-state index in [1.807, 2.05) is 0 Å². The van der Waals surface area contributed by atoms with Crippen molar-refractivity contribution in [2.75, 3.05) is 13.1 Å². The van der Waals surface area contributed by atoms with E-state index in [4.69, 9.17) is 0 Å². The summed E-state index contributed by atoms with van der Waals surface area (Å²) in [5, 5.41) is 7.41. The molecule has 1 heterocycles. The predicted molar refractivity (Wildman–Crippen MR) is 69.7 cm³/mol. The first-order valence-electron chi connectivity index (χ1n) is 7.31. The molecule has 3 atom stereocenters. The van der Waals surface area contributed by atoms with Gasteiger partial charge in [0, 0.05) is 18.6 Å². The van der Waals surface area contributed by atoms with Gasteiger partial charge in [0.15, 0.2) is 0 Å². The lowest BCUT2D eigenvalue weighted by molar-refractivity contribution is 0.352. The molecule has 0 amide bonds. The van der Waals surface area contributed by atoms with E-state index >= 15 is 0 Å². The maximum absolute atomic E-state index is 3.79. The van der Waals surface area contributed by atoms with Crippen molar-refractivity contribution in [2.24, 2.45) is 5.92 Å². The Balaban J connectivity index is 1.64. The summed E-state index contributed by atoms with van der Waals surface area (Å²) in [4.78, 5) is 0. The first kappa shape index (κ1) is 12.4. The second kappa shape index (κ2) is 6.61. The van der Waals surface area contributed by atoms with Crippen LogP contribution in [0.15, 0.2) is 0 Å². The molecule has 1 saturated carbocycles. The highest BCUT2D eigenvalue weighted by Crippen LogP contribution is 2.22. The van der Waals surface area contributed by atoms with Gasteiger partial charge in [0.2, 0.25) is 0 Å². The maximum atomic E-state index is 3.79. The molecule has 2 heteroatoms. The van der Waals surface area contributed by atoms with Crippen LogP contribution in [0, 0.1) is 5.92 Å². The van der Waals surface area contributed by atoms with Gasteiger partial charge < -0.3 is 10.6 Å². The Morgan fingerprint density at radius 3 is 2.75 bits per heavy atom. The summed E-state index contributed by atoms with van der Waals surface area (Å²) >= 11 is 0. The minimum atomic E-state index is 0.745. The third-order valence-corrected chi connectivity index (χ3v) is 4.32. The lowest BCUT2D eigenvalue weighted by atomic mass is 10.0. The van der Waals surface area contributed by atoms with Crippen LogP contribution in [0.25, 0.3) is 0 Å². The average Bonchev–Trinajstić information content (AvgIpc) is 2.53. The molecule has 94 valence electrons. The van der Waals surface area contributed by atoms with Crippen LogP contribution in [0.5, 0.6) is 0 Å². The summed E-state index contributed by atoms with van der Waals surface area (Å²) in [6.45, 7) is 4.83. The fourth-order valence-corrected chi connectivity index (χ4v) is 3.10. The molecule has 0 bridgehead atoms. The Hall–Kier alpha value is -0.0800. The smallest absolute Gasteiger partial charge is 0.0192 e. The van der Waals surface area contributed by atoms with Crippen LogP contribution in [-0.2, 0) is 0 Å². The van der Waals surface area contributed by atoms with Crippen LogP contribution in [0.1, 0.15) is 58.3 Å². The monoisotopic (exact) mass is 224 g/mol. The highest BCUT2D eigenvalue weighted by atomic mass is 15.0. The quantitative estimate of drug-likeness (QED) is 0.720. The summed E-state index contributed by atoms with van der Waals surface area (Å²) in [5.74, 6) is 0.958. The van der Waals surface area contributed by atoms with Crippen molar-refractivity contribution in [3.8, 4) is 0 Å². The second-order valence-corrected chi connectivity index (χ2v) is 5.87. The summed E-state index contributed by atoms with van der Waals surface area (Å²) in [7, 11) is 0. The Bertz CT molecular complexity index is 187. The molecular weight excluding hydrogens is 196 g/mol. The third kappa shape index (κ3) is 4.06. The highest BCUT2D eigenvalue weighted by molar-refractivity contribution is 4.79. The molecule has 16 heavy (non-hydrogen) atoms. The van der Waals surface area contributed by atoms with Gasteiger partial charge in [-0.25, -0.2) is 0 Å². The van der Waals surface area contributed by atoms with Crippen LogP contribution < -0.4 is 10.6 Å². The van der Waals surface area contributed by atoms with Crippen molar-refractivity contribution in [2.45, 2.75) is 70.4 Å². The first-order chi connectivity index (χ1) is 7.84. The van der Waals surface area contributed by atoms with Gasteiger partial charge in [0.25, 0.3) is 0 Å². The Morgan fingerprint density at radius 2 is 1.94 bits per heavy atom. The van der Waals surface area contributed by atoms with E-state index in [0.717, 1.165) is 18.0 Å². The fraction of sp³-hybridized carbons (Fsp3) is 1.00. The van der Waals surface area contributed by atoms with Gasteiger partial charge in [-0.05, 0) is 44.6 Å². The average molecular weight is 224 g/mol. The second-order valence-electron chi connectivity index (χ2n) is 5.87. The Kier molecular flexibility index (Phi) is 5.11. The first-order valence-corrected chi connectivity index (χ1v) is 7.31. The number of rotatable bonds is 3. The van der Waals surface area contributed by atoms with Crippen molar-refractivity contribution in [1.82, 2.24) is 10.6 Å². The Labute approximate surface area is 101 Å². The van der Waals surface area contributed by atoms with E-state index in [0.29, 0.717) is 0 Å². The number of nitrogens with one attached hydrogen (secondary N) is 2. The summed E-state index contributed by atoms with van der Waals surface area (Å²) in [6, 6.07) is 1.54. The van der Waals surface area contributed by atoms with E-state index in [1.165, 1.54) is 64.5 Å². The van der Waals surface area contributed by atoms with Gasteiger partial charge in [-0.2, -0.15) is 0 Å². The highest BCUT2D eigenvalue weighted by Gasteiger charge is 2.18. The van der Waals surface area contributed by atoms with Gasteiger partial charge >= 0.3 is 0 Å². The topological polar surface area (TPSA) is 24.1 Å². The third-order valence-electron chi connectivity index (χ3n) is 4.32. The molecule has 3 unspecified atom stereocenters. The van der Waals surface area contributed by atoms with Crippen LogP contribution >= 0.6 is 0 Å². The molecule has 2 nitrogen and oxygen atoms in total. The molecule has 0 spiro atoms. The van der Waals surface area contributed by atoms with Gasteiger partial charge in [0.1, 0.15) is 0 Å². The molecular formula is C14H28N2. The number of hydrogen-bond acceptors (Lipinski definition) is 2. The van der Waals surface area contributed by atoms with Crippen LogP contribution in [0.2, 0.25) is 0 Å². The van der Waals surface area contributed by atoms with E-state index < -0.39 is 0 Å². The SMILES string of the molecule is CC1CCCC(NCC2CCCCN2)CC1. The Morgan fingerprint density at radius 1 is 1.00 bits per heavy atom. The van der Waals surface area contributed by atoms with Gasteiger partial charge in [-0.3, -0.25) is 0 Å². The molecule has 1 saturated heterocycles. The van der Waals surface area contributed by atoms with Crippen molar-refractivity contribution in [3.63, 3.8) is 0 Å². The standard InChI is InChI=1S/C14H28N2/c1-12-5-4-7-13(9-8-12)16-11-14-6-2-3-10-15-14/h12-16H,2-11H2,1H3. The normalized spacial score (nSPS) is 36.9. The summed E-state index contributed by atoms with van der Waals surface area (Å²) < 4.78 is 0. The minimum Gasteiger partial charge on any atom is -0.313 e. The molecule has 0 aromatic heterocycles. The van der Waals surface area contributed by atoms with Crippen molar-refractivity contribution >= 4 is 0 Å². The van der Waals surface area contributed by atoms with E-state index in [2.05, 4.69) is 17.6 Å². The maximum Gasteiger partial charge on any atom is 0.0192 e. The van der Waals surface area contributed by atoms with E-state index in [1.54, 1.807) is 0 Å². The zero-order valence-corrected chi connectivity index (χ0v) is 10.8. The number of hydrogen-bond donors (Lipinski definition) is 2. The van der Waals surface area contributed by atoms with Crippen molar-refractivity contribution in [1.29, 1.82) is 0 Å². The molecule has 2 N–H and O–H groups in total. The largest absolute Gasteiger partial charge is 0.313 e. The molecule has 1 aliphatic carbocycles. The minimum absolute atomic E-state index is 0.745. The van der Waals surface area contributed by atoms with Gasteiger partial charge in [-0.15, -0.1) is 0 Å². The van der Waals surface area contributed by atoms with Gasteiger partial charge in [0.05, 0.1) is 0 Å². The zero-order chi connectivity index (χ0) is 11.2. The van der Waals surface area contributed by atoms with E-state index in [-0.39, 0.29) is 0 Å². The number of piperidine rings is 1. The van der Waals surface area contributed by atoms with Crippen LogP contribution in [0.4, 0.5) is 0 Å². The molecule has 0 aromatic carbocycles. The predicted octanol–water partition coefficient (Wildman–Crippen LogP) is 2.69. The molecule has 2 aliphatic rings.